The van der Waals surface area contributed by atoms with Gasteiger partial charge in [0, 0.05) is 29.4 Å². The van der Waals surface area contributed by atoms with E-state index in [9.17, 15) is 19.5 Å². The number of nitrogens with two attached hydrogens (primary N) is 1. The lowest BCUT2D eigenvalue weighted by Gasteiger charge is -2.49. The van der Waals surface area contributed by atoms with Gasteiger partial charge in [0.25, 0.3) is 11.8 Å². The molecule has 264 valence electrons. The van der Waals surface area contributed by atoms with Crippen molar-refractivity contribution in [2.24, 2.45) is 5.16 Å². The van der Waals surface area contributed by atoms with Crippen LogP contribution in [-0.2, 0) is 32.3 Å². The van der Waals surface area contributed by atoms with Crippen LogP contribution in [0.15, 0.2) is 41.1 Å². The number of oxime groups is 1. The molecule has 2 atom stereocenters. The Morgan fingerprint density at radius 1 is 1.27 bits per heavy atom. The van der Waals surface area contributed by atoms with Crippen molar-refractivity contribution in [2.45, 2.75) is 37.8 Å². The van der Waals surface area contributed by atoms with E-state index in [0.29, 0.717) is 11.3 Å². The molecule has 1 saturated heterocycles. The summed E-state index contributed by atoms with van der Waals surface area (Å²) in [5.41, 5.74) is 7.56. The molecule has 0 radical (unpaired) electrons. The standard InChI is InChI=1S/C24H28N10O5S2.2NO3/c1-3-39-30-15(18-29-24(25)41-31-18)20(35)28-16-21(36)34-17(23(37)38)13(11-40-22(16)34)10-32-8-4-6-14-19(32)27-12-33(14)9-5-7-26-2;2*2-1(3)4/h4,6,8,12,16,22,26H,3,5,7,9-11H2,1-2H3,(H3-,25,28,29,31,35,37,38);;/q;2*-1/p+1/b30-15-;;/t16-,22?;;/m1../s1. The third-order valence-electron chi connectivity index (χ3n) is 6.53. The largest absolute Gasteiger partial charge is 0.477 e. The first kappa shape index (κ1) is 37.8. The predicted octanol–water partition coefficient (Wildman–Crippen LogP) is -0.932. The van der Waals surface area contributed by atoms with Gasteiger partial charge in [-0.3, -0.25) is 14.5 Å². The number of hydrogen-bond donors (Lipinski definition) is 4. The zero-order valence-corrected chi connectivity index (χ0v) is 27.3. The van der Waals surface area contributed by atoms with Gasteiger partial charge in [0.05, 0.1) is 16.4 Å². The number of aromatic nitrogens is 5. The fraction of sp³-hybridized carbons (Fsp3) is 0.417. The van der Waals surface area contributed by atoms with Crippen molar-refractivity contribution in [2.75, 3.05) is 31.7 Å². The molecule has 0 spiro atoms. The average molecular weight is 726 g/mol. The minimum absolute atomic E-state index is 0.0255. The number of nitrogens with one attached hydrogen (secondary N) is 2. The normalized spacial score (nSPS) is 16.7. The van der Waals surface area contributed by atoms with Crippen LogP contribution in [0.4, 0.5) is 5.13 Å². The van der Waals surface area contributed by atoms with Crippen molar-refractivity contribution < 1.29 is 39.1 Å². The van der Waals surface area contributed by atoms with Crippen LogP contribution in [0.3, 0.4) is 0 Å². The van der Waals surface area contributed by atoms with E-state index in [4.69, 9.17) is 41.2 Å². The maximum atomic E-state index is 13.2. The minimum Gasteiger partial charge on any atom is -0.477 e. The smallest absolute Gasteiger partial charge is 0.352 e. The maximum absolute atomic E-state index is 13.2. The molecule has 3 aromatic rings. The van der Waals surface area contributed by atoms with Gasteiger partial charge in [0.15, 0.2) is 5.13 Å². The summed E-state index contributed by atoms with van der Waals surface area (Å²) in [5.74, 6) is -2.16. The van der Waals surface area contributed by atoms with Crippen LogP contribution in [0.25, 0.3) is 11.2 Å². The van der Waals surface area contributed by atoms with Gasteiger partial charge in [-0.05, 0) is 44.1 Å². The topological polar surface area (TPSA) is 326 Å². The Morgan fingerprint density at radius 3 is 2.55 bits per heavy atom. The molecule has 5 N–H and O–H groups in total. The van der Waals surface area contributed by atoms with E-state index in [-0.39, 0.29) is 35.5 Å². The Kier molecular flexibility index (Phi) is 13.5. The monoisotopic (exact) mass is 725 g/mol. The van der Waals surface area contributed by atoms with Crippen molar-refractivity contribution >= 4 is 63.1 Å². The second-order valence-electron chi connectivity index (χ2n) is 9.62. The maximum Gasteiger partial charge on any atom is 0.352 e. The third kappa shape index (κ3) is 9.67. The summed E-state index contributed by atoms with van der Waals surface area (Å²) in [6, 6.07) is 2.90. The number of hydrogen-bond acceptors (Lipinski definition) is 18. The fourth-order valence-electron chi connectivity index (χ4n) is 4.68. The van der Waals surface area contributed by atoms with Gasteiger partial charge in [-0.2, -0.15) is 9.36 Å². The summed E-state index contributed by atoms with van der Waals surface area (Å²) in [6.07, 6.45) is 4.56. The first-order valence-electron chi connectivity index (χ1n) is 13.9. The van der Waals surface area contributed by atoms with Gasteiger partial charge >= 0.3 is 11.6 Å². The van der Waals surface area contributed by atoms with Crippen LogP contribution in [0.2, 0.25) is 0 Å². The first-order valence-corrected chi connectivity index (χ1v) is 15.7. The molecule has 5 heterocycles. The number of carboxylic acid groups (broad SMARTS) is 1. The van der Waals surface area contributed by atoms with Crippen LogP contribution < -0.4 is 20.9 Å². The Balaban J connectivity index is 0.000000734. The van der Waals surface area contributed by atoms with Crippen molar-refractivity contribution in [3.8, 4) is 0 Å². The first-order chi connectivity index (χ1) is 23.3. The lowest BCUT2D eigenvalue weighted by atomic mass is 10.0. The molecule has 0 aromatic carbocycles. The number of nitrogen functional groups attached to an aromatic ring is 1. The summed E-state index contributed by atoms with van der Waals surface area (Å²) in [5, 5.41) is 48.7. The van der Waals surface area contributed by atoms with Gasteiger partial charge in [-0.1, -0.05) is 5.16 Å². The number of carbonyl (C=O) groups is 3. The molecule has 0 aliphatic carbocycles. The van der Waals surface area contributed by atoms with Crippen molar-refractivity contribution in [1.29, 1.82) is 0 Å². The van der Waals surface area contributed by atoms with Crippen LogP contribution in [0.1, 0.15) is 19.2 Å². The molecule has 25 heteroatoms. The number of carboxylic acids is 1. The Morgan fingerprint density at radius 2 is 1.96 bits per heavy atom. The molecule has 1 unspecified atom stereocenters. The molecule has 49 heavy (non-hydrogen) atoms. The summed E-state index contributed by atoms with van der Waals surface area (Å²) < 4.78 is 7.95. The molecule has 0 bridgehead atoms. The molecule has 1 fully saturated rings. The Labute approximate surface area is 283 Å². The predicted molar refractivity (Wildman–Crippen MR) is 171 cm³/mol. The van der Waals surface area contributed by atoms with Gasteiger partial charge in [-0.25, -0.2) is 9.36 Å². The van der Waals surface area contributed by atoms with E-state index in [1.165, 1.54) is 16.7 Å². The number of anilines is 1. The molecule has 2 amide bonds. The summed E-state index contributed by atoms with van der Waals surface area (Å²) >= 11 is 2.26. The van der Waals surface area contributed by atoms with Crippen molar-refractivity contribution in [1.82, 2.24) is 34.4 Å². The Hall–Kier alpha value is -5.69. The van der Waals surface area contributed by atoms with E-state index in [0.717, 1.165) is 42.2 Å². The SMILES string of the molecule is CCO/N=C(\C(=O)N[C@@H]1C(=O)N2C(C(=O)O)=C(C[n+]3cccc4c3ncn4CCCNC)CSC12)c1nsc(N)n1.O=[N+]([O-])[O-].O=[N+]([O-])[O-]. The molecule has 5 rings (SSSR count). The number of aryl methyl sites for hydroxylation is 1. The number of imidazole rings is 1. The number of fused-ring (bicyclic) bond motifs is 2. The second kappa shape index (κ2) is 17.5. The number of thioether (sulfide) groups is 1. The van der Waals surface area contributed by atoms with Gasteiger partial charge in [0.1, 0.15) is 35.8 Å². The molecule has 2 aliphatic heterocycles. The number of carbonyl (C=O) groups excluding carboxylic acids is 2. The van der Waals surface area contributed by atoms with E-state index in [1.807, 2.05) is 29.9 Å². The number of nitrogens with zero attached hydrogens (tertiary/aromatic N) is 9. The highest BCUT2D eigenvalue weighted by Crippen LogP contribution is 2.40. The van der Waals surface area contributed by atoms with Crippen LogP contribution in [0, 0.1) is 30.6 Å². The highest BCUT2D eigenvalue weighted by Gasteiger charge is 2.54. The number of β-lactam (4-membered cyclic amide) rings is 1. The van der Waals surface area contributed by atoms with Crippen LogP contribution >= 0.6 is 23.3 Å². The molecule has 3 aromatic heterocycles. The van der Waals surface area contributed by atoms with Crippen molar-refractivity contribution in [3.05, 3.63) is 72.4 Å². The highest BCUT2D eigenvalue weighted by atomic mass is 32.2. The van der Waals surface area contributed by atoms with Gasteiger partial charge in [-0.15, -0.1) is 11.8 Å². The fourth-order valence-corrected chi connectivity index (χ4v) is 6.45. The van der Waals surface area contributed by atoms with Crippen LogP contribution in [-0.4, -0.2) is 100.0 Å². The van der Waals surface area contributed by atoms with E-state index in [1.54, 1.807) is 13.3 Å². The lowest BCUT2D eigenvalue weighted by Crippen LogP contribution is -2.71. The van der Waals surface area contributed by atoms with Crippen LogP contribution in [0.5, 0.6) is 0 Å². The molecule has 0 saturated carbocycles. The van der Waals surface area contributed by atoms with E-state index >= 15 is 0 Å². The summed E-state index contributed by atoms with van der Waals surface area (Å²) in [6.45, 7) is 3.81. The number of aliphatic carboxylic acids is 1. The molecular weight excluding hydrogens is 696 g/mol. The van der Waals surface area contributed by atoms with Gasteiger partial charge in [0.2, 0.25) is 17.9 Å². The van der Waals surface area contributed by atoms with E-state index in [2.05, 4.69) is 34.7 Å². The number of amides is 2. The number of rotatable bonds is 12. The quantitative estimate of drug-likeness (QED) is 0.0437. The third-order valence-corrected chi connectivity index (χ3v) is 8.41. The summed E-state index contributed by atoms with van der Waals surface area (Å²) in [4.78, 5) is 70.0. The lowest BCUT2D eigenvalue weighted by molar-refractivity contribution is -0.664. The van der Waals surface area contributed by atoms with Gasteiger partial charge < -0.3 is 61.5 Å². The minimum atomic E-state index is -1.75. The summed E-state index contributed by atoms with van der Waals surface area (Å²) in [7, 11) is 1.91. The van der Waals surface area contributed by atoms with Crippen molar-refractivity contribution in [3.63, 3.8) is 0 Å². The molecular formula is C24H29N12O11S2-. The number of pyridine rings is 1. The highest BCUT2D eigenvalue weighted by molar-refractivity contribution is 8.00. The second-order valence-corrected chi connectivity index (χ2v) is 11.5. The van der Waals surface area contributed by atoms with E-state index < -0.39 is 39.4 Å². The molecule has 2 aliphatic rings. The Bertz CT molecular complexity index is 1740. The zero-order valence-electron chi connectivity index (χ0n) is 25.7. The average Bonchev–Trinajstić information content (AvgIpc) is 3.66. The zero-order chi connectivity index (χ0) is 36.2. The molecule has 23 nitrogen and oxygen atoms in total.